The molecule has 2 aliphatic heterocycles. The number of phenols is 1. The number of hydrogen-bond acceptors (Lipinski definition) is 7. The van der Waals surface area contributed by atoms with Gasteiger partial charge in [-0.15, -0.1) is 0 Å². The maximum Gasteiger partial charge on any atom is 0.312 e. The minimum Gasteiger partial charge on any atom is -0.508 e. The lowest BCUT2D eigenvalue weighted by Crippen LogP contribution is -2.21. The van der Waals surface area contributed by atoms with Gasteiger partial charge in [0, 0.05) is 11.5 Å². The third kappa shape index (κ3) is 3.57. The summed E-state index contributed by atoms with van der Waals surface area (Å²) in [4.78, 5) is 25.4. The molecule has 0 saturated heterocycles. The first kappa shape index (κ1) is 20.6. The fourth-order valence-electron chi connectivity index (χ4n) is 4.23. The second kappa shape index (κ2) is 8.02. The van der Waals surface area contributed by atoms with Crippen LogP contribution in [0.25, 0.3) is 6.08 Å². The minimum absolute atomic E-state index is 0.0686. The van der Waals surface area contributed by atoms with Crippen LogP contribution in [0.3, 0.4) is 0 Å². The highest BCUT2D eigenvalue weighted by Gasteiger charge is 2.38. The number of carbonyl (C=O) groups is 2. The number of hydrogen-bond donors (Lipinski definition) is 1. The van der Waals surface area contributed by atoms with Crippen molar-refractivity contribution < 1.29 is 33.6 Å². The average molecular weight is 444 g/mol. The highest BCUT2D eigenvalue weighted by atomic mass is 16.5. The van der Waals surface area contributed by atoms with E-state index in [1.807, 2.05) is 6.07 Å². The first-order valence-corrected chi connectivity index (χ1v) is 10.3. The Morgan fingerprint density at radius 1 is 0.970 bits per heavy atom. The number of benzene rings is 3. The maximum absolute atomic E-state index is 13.1. The molecule has 3 aromatic carbocycles. The van der Waals surface area contributed by atoms with Crippen LogP contribution in [0.2, 0.25) is 0 Å². The van der Waals surface area contributed by atoms with Gasteiger partial charge in [-0.3, -0.25) is 9.59 Å². The molecular formula is C26H20O7. The lowest BCUT2D eigenvalue weighted by atomic mass is 9.84. The predicted molar refractivity (Wildman–Crippen MR) is 119 cm³/mol. The van der Waals surface area contributed by atoms with Crippen molar-refractivity contribution in [3.63, 3.8) is 0 Å². The Morgan fingerprint density at radius 3 is 2.55 bits per heavy atom. The van der Waals surface area contributed by atoms with E-state index >= 15 is 0 Å². The molecule has 33 heavy (non-hydrogen) atoms. The number of Topliss-reactive ketones (excluding diaryl/α,β-unsaturated/α-hetero) is 1. The molecular weight excluding hydrogens is 424 g/mol. The summed E-state index contributed by atoms with van der Waals surface area (Å²) in [6, 6.07) is 15.2. The van der Waals surface area contributed by atoms with Crippen LogP contribution in [0.15, 0.2) is 60.4 Å². The number of phenolic OH excluding ortho intramolecular Hbond substituents is 1. The van der Waals surface area contributed by atoms with Crippen LogP contribution in [0, 0.1) is 0 Å². The molecule has 0 radical (unpaired) electrons. The SMILES string of the molecule is COc1ccc(/C=C2\Oc3c(ccc4c3C(c3cccc(O)c3)CC(=O)O4)C2=O)cc1OC. The summed E-state index contributed by atoms with van der Waals surface area (Å²) in [5, 5.41) is 9.95. The second-order valence-electron chi connectivity index (χ2n) is 7.73. The topological polar surface area (TPSA) is 91.3 Å². The van der Waals surface area contributed by atoms with Gasteiger partial charge in [0.15, 0.2) is 17.3 Å². The largest absolute Gasteiger partial charge is 0.508 e. The van der Waals surface area contributed by atoms with Crippen molar-refractivity contribution in [3.8, 4) is 28.7 Å². The number of ether oxygens (including phenoxy) is 4. The van der Waals surface area contributed by atoms with Crippen molar-refractivity contribution in [2.75, 3.05) is 14.2 Å². The second-order valence-corrected chi connectivity index (χ2v) is 7.73. The van der Waals surface area contributed by atoms with E-state index in [0.29, 0.717) is 39.7 Å². The smallest absolute Gasteiger partial charge is 0.312 e. The highest BCUT2D eigenvalue weighted by molar-refractivity contribution is 6.15. The molecule has 5 rings (SSSR count). The van der Waals surface area contributed by atoms with Crippen LogP contribution in [0.1, 0.15) is 39.4 Å². The fourth-order valence-corrected chi connectivity index (χ4v) is 4.23. The van der Waals surface area contributed by atoms with E-state index in [0.717, 1.165) is 5.56 Å². The van der Waals surface area contributed by atoms with Gasteiger partial charge in [0.05, 0.1) is 26.2 Å². The van der Waals surface area contributed by atoms with Gasteiger partial charge < -0.3 is 24.1 Å². The zero-order valence-corrected chi connectivity index (χ0v) is 18.0. The molecule has 7 heteroatoms. The van der Waals surface area contributed by atoms with Crippen LogP contribution in [0.4, 0.5) is 0 Å². The Balaban J connectivity index is 1.58. The molecule has 2 heterocycles. The molecule has 1 unspecified atom stereocenters. The van der Waals surface area contributed by atoms with Gasteiger partial charge in [-0.2, -0.15) is 0 Å². The Hall–Kier alpha value is -4.26. The number of carbonyl (C=O) groups excluding carboxylic acids is 2. The monoisotopic (exact) mass is 444 g/mol. The number of rotatable bonds is 4. The van der Waals surface area contributed by atoms with E-state index in [2.05, 4.69) is 0 Å². The number of aromatic hydroxyl groups is 1. The molecule has 2 aliphatic rings. The van der Waals surface area contributed by atoms with Crippen molar-refractivity contribution in [1.29, 1.82) is 0 Å². The Bertz CT molecular complexity index is 1320. The van der Waals surface area contributed by atoms with Crippen molar-refractivity contribution >= 4 is 17.8 Å². The lowest BCUT2D eigenvalue weighted by Gasteiger charge is -2.26. The number of fused-ring (bicyclic) bond motifs is 3. The van der Waals surface area contributed by atoms with Gasteiger partial charge in [-0.25, -0.2) is 0 Å². The van der Waals surface area contributed by atoms with Gasteiger partial charge in [0.25, 0.3) is 0 Å². The molecule has 166 valence electrons. The first-order valence-electron chi connectivity index (χ1n) is 10.3. The summed E-state index contributed by atoms with van der Waals surface area (Å²) < 4.78 is 22.1. The molecule has 0 spiro atoms. The lowest BCUT2D eigenvalue weighted by molar-refractivity contribution is -0.135. The Morgan fingerprint density at radius 2 is 1.79 bits per heavy atom. The predicted octanol–water partition coefficient (Wildman–Crippen LogP) is 4.47. The molecule has 0 fully saturated rings. The summed E-state index contributed by atoms with van der Waals surface area (Å²) >= 11 is 0. The number of ketones is 1. The molecule has 1 atom stereocenters. The molecule has 1 N–H and O–H groups in total. The van der Waals surface area contributed by atoms with Crippen molar-refractivity contribution in [1.82, 2.24) is 0 Å². The molecule has 0 bridgehead atoms. The molecule has 0 saturated carbocycles. The van der Waals surface area contributed by atoms with E-state index < -0.39 is 5.92 Å². The highest BCUT2D eigenvalue weighted by Crippen LogP contribution is 2.49. The Labute approximate surface area is 189 Å². The third-order valence-electron chi connectivity index (χ3n) is 5.76. The quantitative estimate of drug-likeness (QED) is 0.361. The number of allylic oxidation sites excluding steroid dienone is 1. The van der Waals surface area contributed by atoms with Crippen LogP contribution in [-0.2, 0) is 4.79 Å². The molecule has 3 aromatic rings. The Kier molecular flexibility index (Phi) is 5.01. The standard InChI is InChI=1S/C26H20O7/c1-30-19-8-6-14(10-21(19)31-2)11-22-25(29)17-7-9-20-24(26(17)33-22)18(13-23(28)32-20)15-4-3-5-16(27)12-15/h3-12,18,27H,13H2,1-2H3/b22-11-. The summed E-state index contributed by atoms with van der Waals surface area (Å²) in [6.07, 6.45) is 1.70. The summed E-state index contributed by atoms with van der Waals surface area (Å²) in [5.74, 6) is 0.980. The zero-order valence-electron chi connectivity index (χ0n) is 18.0. The van der Waals surface area contributed by atoms with E-state index in [1.54, 1.807) is 61.7 Å². The fraction of sp³-hybridized carbons (Fsp3) is 0.154. The van der Waals surface area contributed by atoms with Crippen LogP contribution < -0.4 is 18.9 Å². The first-order chi connectivity index (χ1) is 16.0. The zero-order chi connectivity index (χ0) is 23.1. The van der Waals surface area contributed by atoms with Crippen LogP contribution in [-0.4, -0.2) is 31.1 Å². The van der Waals surface area contributed by atoms with E-state index in [-0.39, 0.29) is 29.7 Å². The van der Waals surface area contributed by atoms with Crippen molar-refractivity contribution in [2.45, 2.75) is 12.3 Å². The number of methoxy groups -OCH3 is 2. The van der Waals surface area contributed by atoms with E-state index in [1.165, 1.54) is 7.11 Å². The molecule has 0 aliphatic carbocycles. The van der Waals surface area contributed by atoms with Crippen molar-refractivity contribution in [3.05, 3.63) is 82.6 Å². The molecule has 0 amide bonds. The normalized spacial score (nSPS) is 17.8. The van der Waals surface area contributed by atoms with Crippen LogP contribution in [0.5, 0.6) is 28.7 Å². The summed E-state index contributed by atoms with van der Waals surface area (Å²) in [6.45, 7) is 0. The summed E-state index contributed by atoms with van der Waals surface area (Å²) in [7, 11) is 3.09. The summed E-state index contributed by atoms with van der Waals surface area (Å²) in [5.41, 5.74) is 2.44. The minimum atomic E-state index is -0.420. The van der Waals surface area contributed by atoms with Gasteiger partial charge in [-0.1, -0.05) is 18.2 Å². The van der Waals surface area contributed by atoms with Crippen LogP contribution >= 0.6 is 0 Å². The maximum atomic E-state index is 13.1. The average Bonchev–Trinajstić information content (AvgIpc) is 3.13. The third-order valence-corrected chi connectivity index (χ3v) is 5.76. The van der Waals surface area contributed by atoms with Crippen molar-refractivity contribution in [2.24, 2.45) is 0 Å². The van der Waals surface area contributed by atoms with Gasteiger partial charge in [0.2, 0.25) is 5.78 Å². The van der Waals surface area contributed by atoms with Gasteiger partial charge >= 0.3 is 5.97 Å². The van der Waals surface area contributed by atoms with E-state index in [4.69, 9.17) is 18.9 Å². The molecule has 0 aromatic heterocycles. The van der Waals surface area contributed by atoms with Gasteiger partial charge in [-0.05, 0) is 53.6 Å². The van der Waals surface area contributed by atoms with Gasteiger partial charge in [0.1, 0.15) is 17.2 Å². The number of esters is 1. The molecule has 7 nitrogen and oxygen atoms in total. The van der Waals surface area contributed by atoms with E-state index in [9.17, 15) is 14.7 Å².